The minimum atomic E-state index is -0.000461. The fraction of sp³-hybridized carbons (Fsp3) is 0.455. The first-order valence-electron chi connectivity index (χ1n) is 9.89. The van der Waals surface area contributed by atoms with E-state index in [0.29, 0.717) is 42.5 Å². The van der Waals surface area contributed by atoms with Crippen LogP contribution in [0.1, 0.15) is 41.6 Å². The average molecular weight is 400 g/mol. The molecule has 3 rings (SSSR count). The number of methoxy groups -OCH3 is 2. The van der Waals surface area contributed by atoms with Crippen molar-refractivity contribution in [1.82, 2.24) is 10.2 Å². The predicted molar refractivity (Wildman–Crippen MR) is 108 cm³/mol. The number of ether oxygens (including phenoxy) is 2. The summed E-state index contributed by atoms with van der Waals surface area (Å²) in [4.78, 5) is 26.7. The molecule has 29 heavy (non-hydrogen) atoms. The highest BCUT2D eigenvalue weighted by Crippen LogP contribution is 2.25. The normalized spacial score (nSPS) is 16.3. The molecule has 0 saturated carbocycles. The van der Waals surface area contributed by atoms with Crippen molar-refractivity contribution >= 4 is 11.8 Å². The molecule has 1 aliphatic heterocycles. The lowest BCUT2D eigenvalue weighted by atomic mass is 9.93. The maximum atomic E-state index is 12.5. The van der Waals surface area contributed by atoms with Gasteiger partial charge in [-0.3, -0.25) is 9.59 Å². The molecule has 7 nitrogen and oxygen atoms in total. The first-order chi connectivity index (χ1) is 14.1. The summed E-state index contributed by atoms with van der Waals surface area (Å²) in [5.41, 5.74) is 1.48. The lowest BCUT2D eigenvalue weighted by Gasteiger charge is -2.32. The number of amides is 2. The number of rotatable bonds is 8. The Morgan fingerprint density at radius 3 is 2.83 bits per heavy atom. The van der Waals surface area contributed by atoms with E-state index in [2.05, 4.69) is 5.32 Å². The lowest BCUT2D eigenvalue weighted by molar-refractivity contribution is -0.121. The van der Waals surface area contributed by atoms with Gasteiger partial charge in [0.05, 0.1) is 26.0 Å². The first kappa shape index (κ1) is 20.8. The third kappa shape index (κ3) is 5.53. The van der Waals surface area contributed by atoms with Crippen LogP contribution >= 0.6 is 0 Å². The molecular weight excluding hydrogens is 372 g/mol. The van der Waals surface area contributed by atoms with Crippen LogP contribution < -0.4 is 14.8 Å². The van der Waals surface area contributed by atoms with Crippen LogP contribution in [0, 0.1) is 5.92 Å². The van der Waals surface area contributed by atoms with Crippen LogP contribution in [0.25, 0.3) is 0 Å². The van der Waals surface area contributed by atoms with Gasteiger partial charge in [-0.2, -0.15) is 0 Å². The summed E-state index contributed by atoms with van der Waals surface area (Å²) in [6.07, 6.45) is 6.19. The number of likely N-dealkylation sites (tertiary alicyclic amines) is 1. The Bertz CT molecular complexity index is 819. The summed E-state index contributed by atoms with van der Waals surface area (Å²) in [6.45, 7) is 1.84. The summed E-state index contributed by atoms with van der Waals surface area (Å²) in [6, 6.07) is 7.22. The molecule has 0 unspecified atom stereocenters. The molecule has 1 N–H and O–H groups in total. The summed E-state index contributed by atoms with van der Waals surface area (Å²) < 4.78 is 15.6. The average Bonchev–Trinajstić information content (AvgIpc) is 3.30. The van der Waals surface area contributed by atoms with E-state index in [4.69, 9.17) is 13.9 Å². The van der Waals surface area contributed by atoms with Crippen molar-refractivity contribution in [2.75, 3.05) is 27.3 Å². The van der Waals surface area contributed by atoms with Crippen LogP contribution in [0.5, 0.6) is 11.5 Å². The van der Waals surface area contributed by atoms with Gasteiger partial charge in [0.15, 0.2) is 0 Å². The van der Waals surface area contributed by atoms with Crippen molar-refractivity contribution in [3.63, 3.8) is 0 Å². The van der Waals surface area contributed by atoms with Gasteiger partial charge in [-0.05, 0) is 43.4 Å². The van der Waals surface area contributed by atoms with Gasteiger partial charge in [-0.1, -0.05) is 0 Å². The number of nitrogens with zero attached hydrogens (tertiary/aromatic N) is 1. The lowest BCUT2D eigenvalue weighted by Crippen LogP contribution is -2.40. The van der Waals surface area contributed by atoms with E-state index in [1.165, 1.54) is 12.5 Å². The molecular formula is C22H28N2O5. The van der Waals surface area contributed by atoms with E-state index in [0.717, 1.165) is 31.4 Å². The number of hydrogen-bond acceptors (Lipinski definition) is 5. The van der Waals surface area contributed by atoms with Gasteiger partial charge in [-0.15, -0.1) is 0 Å². The van der Waals surface area contributed by atoms with E-state index in [9.17, 15) is 9.59 Å². The summed E-state index contributed by atoms with van der Waals surface area (Å²) in [5, 5.41) is 2.95. The van der Waals surface area contributed by atoms with Gasteiger partial charge in [0.1, 0.15) is 17.8 Å². The number of nitrogens with one attached hydrogen (secondary N) is 1. The number of furan rings is 1. The molecule has 0 radical (unpaired) electrons. The Morgan fingerprint density at radius 1 is 1.24 bits per heavy atom. The Hall–Kier alpha value is -2.96. The van der Waals surface area contributed by atoms with Crippen molar-refractivity contribution in [3.8, 4) is 11.5 Å². The zero-order chi connectivity index (χ0) is 20.6. The van der Waals surface area contributed by atoms with Crippen LogP contribution in [-0.4, -0.2) is 44.0 Å². The molecule has 2 aromatic rings. The van der Waals surface area contributed by atoms with Crippen molar-refractivity contribution in [2.24, 2.45) is 5.92 Å². The van der Waals surface area contributed by atoms with Gasteiger partial charge >= 0.3 is 0 Å². The third-order valence-corrected chi connectivity index (χ3v) is 5.32. The Kier molecular flexibility index (Phi) is 7.16. The zero-order valence-electron chi connectivity index (χ0n) is 17.0. The van der Waals surface area contributed by atoms with Crippen LogP contribution in [0.4, 0.5) is 0 Å². The highest BCUT2D eigenvalue weighted by atomic mass is 16.5. The second-order valence-corrected chi connectivity index (χ2v) is 7.26. The van der Waals surface area contributed by atoms with Crippen molar-refractivity contribution in [1.29, 1.82) is 0 Å². The van der Waals surface area contributed by atoms with Gasteiger partial charge in [0.25, 0.3) is 5.91 Å². The molecule has 1 aromatic heterocycles. The van der Waals surface area contributed by atoms with Crippen LogP contribution in [0.15, 0.2) is 41.2 Å². The maximum absolute atomic E-state index is 12.5. The quantitative estimate of drug-likeness (QED) is 0.736. The summed E-state index contributed by atoms with van der Waals surface area (Å²) in [7, 11) is 3.20. The van der Waals surface area contributed by atoms with Gasteiger partial charge in [0, 0.05) is 37.7 Å². The highest BCUT2D eigenvalue weighted by molar-refractivity contribution is 5.93. The SMILES string of the molecule is COc1ccc(CNC(=O)CC[C@H]2CCCN(C(=O)c3ccoc3)C2)c(OC)c1. The summed E-state index contributed by atoms with van der Waals surface area (Å²) >= 11 is 0. The maximum Gasteiger partial charge on any atom is 0.257 e. The molecule has 156 valence electrons. The predicted octanol–water partition coefficient (Wildman–Crippen LogP) is 3.25. The van der Waals surface area contributed by atoms with E-state index < -0.39 is 0 Å². The van der Waals surface area contributed by atoms with Gasteiger partial charge in [0.2, 0.25) is 5.91 Å². The molecule has 7 heteroatoms. The fourth-order valence-corrected chi connectivity index (χ4v) is 3.67. The standard InChI is InChI=1S/C22H28N2O5/c1-27-19-7-6-17(20(12-19)28-2)13-23-21(25)8-5-16-4-3-10-24(14-16)22(26)18-9-11-29-15-18/h6-7,9,11-12,15-16H,3-5,8,10,13-14H2,1-2H3,(H,23,25)/t16-/m1/s1. The van der Waals surface area contributed by atoms with E-state index >= 15 is 0 Å². The van der Waals surface area contributed by atoms with Crippen LogP contribution in [-0.2, 0) is 11.3 Å². The van der Waals surface area contributed by atoms with E-state index in [1.807, 2.05) is 17.0 Å². The number of benzene rings is 1. The van der Waals surface area contributed by atoms with Gasteiger partial charge < -0.3 is 24.1 Å². The van der Waals surface area contributed by atoms with Gasteiger partial charge in [-0.25, -0.2) is 0 Å². The fourth-order valence-electron chi connectivity index (χ4n) is 3.67. The molecule has 1 saturated heterocycles. The molecule has 1 aromatic carbocycles. The Balaban J connectivity index is 1.45. The topological polar surface area (TPSA) is 81.0 Å². The zero-order valence-corrected chi connectivity index (χ0v) is 17.0. The molecule has 1 aliphatic rings. The highest BCUT2D eigenvalue weighted by Gasteiger charge is 2.25. The molecule has 1 fully saturated rings. The van der Waals surface area contributed by atoms with Crippen molar-refractivity contribution < 1.29 is 23.5 Å². The van der Waals surface area contributed by atoms with Crippen LogP contribution in [0.2, 0.25) is 0 Å². The first-order valence-corrected chi connectivity index (χ1v) is 9.89. The Morgan fingerprint density at radius 2 is 2.10 bits per heavy atom. The molecule has 0 spiro atoms. The molecule has 0 bridgehead atoms. The number of carbonyl (C=O) groups is 2. The smallest absolute Gasteiger partial charge is 0.257 e. The minimum Gasteiger partial charge on any atom is -0.497 e. The van der Waals surface area contributed by atoms with E-state index in [-0.39, 0.29) is 11.8 Å². The van der Waals surface area contributed by atoms with Crippen LogP contribution in [0.3, 0.4) is 0 Å². The van der Waals surface area contributed by atoms with Crippen molar-refractivity contribution in [3.05, 3.63) is 47.9 Å². The van der Waals surface area contributed by atoms with E-state index in [1.54, 1.807) is 26.4 Å². The Labute approximate surface area is 171 Å². The number of hydrogen-bond donors (Lipinski definition) is 1. The minimum absolute atomic E-state index is 0.000461. The largest absolute Gasteiger partial charge is 0.497 e. The second kappa shape index (κ2) is 10.0. The number of piperidine rings is 1. The molecule has 2 heterocycles. The summed E-state index contributed by atoms with van der Waals surface area (Å²) in [5.74, 6) is 1.73. The molecule has 2 amide bonds. The molecule has 1 atom stereocenters. The van der Waals surface area contributed by atoms with Crippen molar-refractivity contribution in [2.45, 2.75) is 32.2 Å². The second-order valence-electron chi connectivity index (χ2n) is 7.26. The third-order valence-electron chi connectivity index (χ3n) is 5.32. The number of carbonyl (C=O) groups excluding carboxylic acids is 2. The molecule has 0 aliphatic carbocycles. The monoisotopic (exact) mass is 400 g/mol.